The molecular weight excluding hydrogens is 206 g/mol. The first kappa shape index (κ1) is 12.5. The van der Waals surface area contributed by atoms with Crippen LogP contribution >= 0.6 is 0 Å². The number of benzene rings is 1. The van der Waals surface area contributed by atoms with Gasteiger partial charge < -0.3 is 15.1 Å². The minimum absolute atomic E-state index is 0.117. The summed E-state index contributed by atoms with van der Waals surface area (Å²) >= 11 is 0. The van der Waals surface area contributed by atoms with Crippen LogP contribution in [-0.4, -0.2) is 35.9 Å². The van der Waals surface area contributed by atoms with Crippen molar-refractivity contribution >= 4 is 11.7 Å². The Kier molecular flexibility index (Phi) is 4.79. The Bertz CT molecular complexity index is 352. The van der Waals surface area contributed by atoms with Crippen LogP contribution in [0.2, 0.25) is 0 Å². The Morgan fingerprint density at radius 3 is 2.62 bits per heavy atom. The maximum atomic E-state index is 11.0. The molecule has 2 N–H and O–H groups in total. The van der Waals surface area contributed by atoms with Crippen molar-refractivity contribution in [3.8, 4) is 0 Å². The zero-order valence-corrected chi connectivity index (χ0v) is 9.39. The average Bonchev–Trinajstić information content (AvgIpc) is 2.30. The van der Waals surface area contributed by atoms with E-state index in [1.807, 2.05) is 17.9 Å². The Labute approximate surface area is 95.1 Å². The van der Waals surface area contributed by atoms with Crippen LogP contribution in [0.4, 0.5) is 5.69 Å². The number of carbonyl (C=O) groups is 1. The number of aliphatic hydroxyl groups excluding tert-OH is 1. The fourth-order valence-electron chi connectivity index (χ4n) is 1.64. The van der Waals surface area contributed by atoms with E-state index in [4.69, 9.17) is 10.2 Å². The zero-order valence-electron chi connectivity index (χ0n) is 9.39. The van der Waals surface area contributed by atoms with Gasteiger partial charge in [0.25, 0.3) is 0 Å². The van der Waals surface area contributed by atoms with Gasteiger partial charge in [-0.05, 0) is 25.5 Å². The van der Waals surface area contributed by atoms with Crippen LogP contribution in [0.1, 0.15) is 23.7 Å². The van der Waals surface area contributed by atoms with Crippen LogP contribution in [0.25, 0.3) is 0 Å². The number of anilines is 1. The molecule has 0 saturated carbocycles. The number of hydrogen-bond acceptors (Lipinski definition) is 3. The van der Waals surface area contributed by atoms with Gasteiger partial charge >= 0.3 is 5.97 Å². The number of carboxylic acids is 1. The molecule has 0 aliphatic heterocycles. The van der Waals surface area contributed by atoms with Gasteiger partial charge in [-0.1, -0.05) is 12.1 Å². The molecular formula is C12H17NO3. The van der Waals surface area contributed by atoms with Crippen LogP contribution in [0, 0.1) is 0 Å². The van der Waals surface area contributed by atoms with Crippen molar-refractivity contribution in [1.82, 2.24) is 0 Å². The molecule has 0 atom stereocenters. The lowest BCUT2D eigenvalue weighted by Crippen LogP contribution is -2.26. The molecule has 0 spiro atoms. The first-order valence-corrected chi connectivity index (χ1v) is 5.38. The van der Waals surface area contributed by atoms with Gasteiger partial charge in [0.15, 0.2) is 0 Å². The molecule has 0 saturated heterocycles. The Morgan fingerprint density at radius 1 is 1.38 bits per heavy atom. The normalized spacial score (nSPS) is 10.1. The summed E-state index contributed by atoms with van der Waals surface area (Å²) in [6.45, 7) is 3.48. The standard InChI is InChI=1S/C12H17NO3/c1-2-13(8-5-9-14)11-7-4-3-6-10(11)12(15)16/h3-4,6-7,14H,2,5,8-9H2,1H3,(H,15,16). The molecule has 1 aromatic carbocycles. The van der Waals surface area contributed by atoms with Crippen molar-refractivity contribution in [2.75, 3.05) is 24.6 Å². The average molecular weight is 223 g/mol. The molecule has 0 aromatic heterocycles. The van der Waals surface area contributed by atoms with Gasteiger partial charge in [-0.2, -0.15) is 0 Å². The molecule has 4 nitrogen and oxygen atoms in total. The summed E-state index contributed by atoms with van der Waals surface area (Å²) in [4.78, 5) is 13.0. The van der Waals surface area contributed by atoms with Crippen molar-refractivity contribution in [2.45, 2.75) is 13.3 Å². The molecule has 0 aliphatic carbocycles. The minimum Gasteiger partial charge on any atom is -0.478 e. The summed E-state index contributed by atoms with van der Waals surface area (Å²) in [6, 6.07) is 6.93. The number of rotatable bonds is 6. The second-order valence-corrected chi connectivity index (χ2v) is 3.48. The smallest absolute Gasteiger partial charge is 0.337 e. The van der Waals surface area contributed by atoms with Gasteiger partial charge in [0.1, 0.15) is 0 Å². The first-order valence-electron chi connectivity index (χ1n) is 5.38. The first-order chi connectivity index (χ1) is 7.70. The summed E-state index contributed by atoms with van der Waals surface area (Å²) in [6.07, 6.45) is 0.641. The molecule has 4 heteroatoms. The van der Waals surface area contributed by atoms with E-state index in [0.29, 0.717) is 24.2 Å². The van der Waals surface area contributed by atoms with Crippen molar-refractivity contribution in [2.24, 2.45) is 0 Å². The predicted octanol–water partition coefficient (Wildman–Crippen LogP) is 1.59. The highest BCUT2D eigenvalue weighted by Crippen LogP contribution is 2.20. The van der Waals surface area contributed by atoms with Crippen LogP contribution < -0.4 is 4.90 Å². The topological polar surface area (TPSA) is 60.8 Å². The second kappa shape index (κ2) is 6.12. The van der Waals surface area contributed by atoms with Crippen LogP contribution in [0.15, 0.2) is 24.3 Å². The monoisotopic (exact) mass is 223 g/mol. The number of para-hydroxylation sites is 1. The third-order valence-electron chi connectivity index (χ3n) is 2.44. The lowest BCUT2D eigenvalue weighted by molar-refractivity contribution is 0.0697. The number of hydrogen-bond donors (Lipinski definition) is 2. The van der Waals surface area contributed by atoms with Gasteiger partial charge in [0, 0.05) is 19.7 Å². The van der Waals surface area contributed by atoms with Crippen molar-refractivity contribution in [3.63, 3.8) is 0 Å². The van der Waals surface area contributed by atoms with E-state index in [0.717, 1.165) is 6.54 Å². The lowest BCUT2D eigenvalue weighted by Gasteiger charge is -2.24. The highest BCUT2D eigenvalue weighted by Gasteiger charge is 2.13. The van der Waals surface area contributed by atoms with E-state index in [-0.39, 0.29) is 6.61 Å². The Balaban J connectivity index is 2.94. The largest absolute Gasteiger partial charge is 0.478 e. The quantitative estimate of drug-likeness (QED) is 0.769. The second-order valence-electron chi connectivity index (χ2n) is 3.48. The van der Waals surface area contributed by atoms with Crippen LogP contribution in [0.3, 0.4) is 0 Å². The van der Waals surface area contributed by atoms with Gasteiger partial charge in [-0.3, -0.25) is 0 Å². The Hall–Kier alpha value is -1.55. The third-order valence-corrected chi connectivity index (χ3v) is 2.44. The van der Waals surface area contributed by atoms with Crippen LogP contribution in [0.5, 0.6) is 0 Å². The van der Waals surface area contributed by atoms with Gasteiger partial charge in [-0.15, -0.1) is 0 Å². The minimum atomic E-state index is -0.918. The molecule has 1 aromatic rings. The number of nitrogens with zero attached hydrogens (tertiary/aromatic N) is 1. The summed E-state index contributed by atoms with van der Waals surface area (Å²) in [5, 5.41) is 17.9. The van der Waals surface area contributed by atoms with Gasteiger partial charge in [0.05, 0.1) is 11.3 Å². The highest BCUT2D eigenvalue weighted by atomic mass is 16.4. The maximum absolute atomic E-state index is 11.0. The molecule has 0 unspecified atom stereocenters. The molecule has 0 bridgehead atoms. The number of aromatic carboxylic acids is 1. The number of aliphatic hydroxyl groups is 1. The van der Waals surface area contributed by atoms with E-state index >= 15 is 0 Å². The molecule has 0 heterocycles. The summed E-state index contributed by atoms with van der Waals surface area (Å²) < 4.78 is 0. The van der Waals surface area contributed by atoms with E-state index in [2.05, 4.69) is 0 Å². The molecule has 0 fully saturated rings. The maximum Gasteiger partial charge on any atom is 0.337 e. The van der Waals surface area contributed by atoms with E-state index in [1.165, 1.54) is 0 Å². The fraction of sp³-hybridized carbons (Fsp3) is 0.417. The molecule has 88 valence electrons. The lowest BCUT2D eigenvalue weighted by atomic mass is 10.1. The van der Waals surface area contributed by atoms with Crippen molar-refractivity contribution in [1.29, 1.82) is 0 Å². The highest BCUT2D eigenvalue weighted by molar-refractivity contribution is 5.94. The molecule has 16 heavy (non-hydrogen) atoms. The Morgan fingerprint density at radius 2 is 2.06 bits per heavy atom. The van der Waals surface area contributed by atoms with Crippen LogP contribution in [-0.2, 0) is 0 Å². The van der Waals surface area contributed by atoms with Crippen molar-refractivity contribution in [3.05, 3.63) is 29.8 Å². The van der Waals surface area contributed by atoms with Gasteiger partial charge in [-0.25, -0.2) is 4.79 Å². The summed E-state index contributed by atoms with van der Waals surface area (Å²) in [5.41, 5.74) is 1.02. The third kappa shape index (κ3) is 2.97. The predicted molar refractivity (Wildman–Crippen MR) is 63.0 cm³/mol. The fourth-order valence-corrected chi connectivity index (χ4v) is 1.64. The molecule has 0 amide bonds. The molecule has 1 rings (SSSR count). The van der Waals surface area contributed by atoms with E-state index in [1.54, 1.807) is 18.2 Å². The SMILES string of the molecule is CCN(CCCO)c1ccccc1C(=O)O. The van der Waals surface area contributed by atoms with Gasteiger partial charge in [0.2, 0.25) is 0 Å². The summed E-state index contributed by atoms with van der Waals surface area (Å²) in [7, 11) is 0. The van der Waals surface area contributed by atoms with E-state index in [9.17, 15) is 4.79 Å². The summed E-state index contributed by atoms with van der Waals surface area (Å²) in [5.74, 6) is -0.918. The molecule has 0 aliphatic rings. The zero-order chi connectivity index (χ0) is 12.0. The van der Waals surface area contributed by atoms with Crippen molar-refractivity contribution < 1.29 is 15.0 Å². The van der Waals surface area contributed by atoms with E-state index < -0.39 is 5.97 Å². The number of carboxylic acid groups (broad SMARTS) is 1. The molecule has 0 radical (unpaired) electrons.